The van der Waals surface area contributed by atoms with Gasteiger partial charge in [0, 0.05) is 13.1 Å². The zero-order valence-corrected chi connectivity index (χ0v) is 5.15. The third-order valence-corrected chi connectivity index (χ3v) is 1.72. The van der Waals surface area contributed by atoms with Crippen molar-refractivity contribution in [2.24, 2.45) is 5.92 Å². The van der Waals surface area contributed by atoms with Crippen molar-refractivity contribution in [3.8, 4) is 0 Å². The second-order valence-corrected chi connectivity index (χ2v) is 2.50. The van der Waals surface area contributed by atoms with Crippen molar-refractivity contribution in [1.29, 1.82) is 0 Å². The Labute approximate surface area is 45.3 Å². The Morgan fingerprint density at radius 3 is 2.29 bits per heavy atom. The zero-order chi connectivity index (χ0) is 5.28. The summed E-state index contributed by atoms with van der Waals surface area (Å²) in [6, 6.07) is 0. The molecule has 0 atom stereocenters. The van der Waals surface area contributed by atoms with E-state index in [2.05, 4.69) is 18.9 Å². The molecule has 0 aromatic heterocycles. The van der Waals surface area contributed by atoms with Gasteiger partial charge >= 0.3 is 0 Å². The highest BCUT2D eigenvalue weighted by Crippen LogP contribution is 2.14. The smallest absolute Gasteiger partial charge is 0.00189 e. The molecule has 0 unspecified atom stereocenters. The van der Waals surface area contributed by atoms with Gasteiger partial charge in [0.1, 0.15) is 0 Å². The molecule has 0 bridgehead atoms. The Kier molecular flexibility index (Phi) is 1.33. The minimum atomic E-state index is 1.02. The lowest BCUT2D eigenvalue weighted by atomic mass is 9.99. The van der Waals surface area contributed by atoms with Crippen LogP contribution in [0.3, 0.4) is 0 Å². The monoisotopic (exact) mass is 99.1 g/mol. The fraction of sp³-hybridized carbons (Fsp3) is 1.00. The standard InChI is InChI=1S/C6H13N/c1-3-6-4-7(2)5-6/h6H,3-5H2,1-2H3. The van der Waals surface area contributed by atoms with Crippen LogP contribution in [0.1, 0.15) is 13.3 Å². The minimum absolute atomic E-state index is 1.02. The lowest BCUT2D eigenvalue weighted by Gasteiger charge is -2.35. The highest BCUT2D eigenvalue weighted by molar-refractivity contribution is 4.74. The molecule has 1 saturated heterocycles. The molecule has 1 aliphatic rings. The van der Waals surface area contributed by atoms with E-state index in [0.29, 0.717) is 0 Å². The maximum absolute atomic E-state index is 2.36. The molecule has 0 N–H and O–H groups in total. The summed E-state index contributed by atoms with van der Waals surface area (Å²) < 4.78 is 0. The minimum Gasteiger partial charge on any atom is -0.306 e. The van der Waals surface area contributed by atoms with Crippen LogP contribution in [-0.2, 0) is 0 Å². The fourth-order valence-electron chi connectivity index (χ4n) is 1.09. The van der Waals surface area contributed by atoms with E-state index in [1.165, 1.54) is 19.5 Å². The first kappa shape index (κ1) is 5.10. The van der Waals surface area contributed by atoms with Gasteiger partial charge in [-0.1, -0.05) is 13.3 Å². The van der Waals surface area contributed by atoms with Crippen molar-refractivity contribution >= 4 is 0 Å². The van der Waals surface area contributed by atoms with E-state index in [-0.39, 0.29) is 0 Å². The number of hydrogen-bond donors (Lipinski definition) is 0. The predicted molar refractivity (Wildman–Crippen MR) is 31.3 cm³/mol. The van der Waals surface area contributed by atoms with E-state index < -0.39 is 0 Å². The van der Waals surface area contributed by atoms with Gasteiger partial charge in [0.05, 0.1) is 0 Å². The molecule has 1 heteroatoms. The van der Waals surface area contributed by atoms with Crippen LogP contribution >= 0.6 is 0 Å². The quantitative estimate of drug-likeness (QED) is 0.473. The summed E-state index contributed by atoms with van der Waals surface area (Å²) >= 11 is 0. The largest absolute Gasteiger partial charge is 0.306 e. The lowest BCUT2D eigenvalue weighted by Crippen LogP contribution is -2.42. The van der Waals surface area contributed by atoms with Gasteiger partial charge < -0.3 is 4.90 Å². The molecule has 0 spiro atoms. The van der Waals surface area contributed by atoms with Crippen LogP contribution < -0.4 is 0 Å². The molecule has 0 radical (unpaired) electrons. The predicted octanol–water partition coefficient (Wildman–Crippen LogP) is 0.958. The highest BCUT2D eigenvalue weighted by atomic mass is 15.2. The van der Waals surface area contributed by atoms with Crippen LogP contribution in [-0.4, -0.2) is 25.0 Å². The first-order valence-corrected chi connectivity index (χ1v) is 3.01. The van der Waals surface area contributed by atoms with E-state index in [1.54, 1.807) is 0 Å². The Bertz CT molecular complexity index is 55.2. The van der Waals surface area contributed by atoms with E-state index in [1.807, 2.05) is 0 Å². The number of rotatable bonds is 1. The molecule has 0 aromatic carbocycles. The third kappa shape index (κ3) is 0.942. The maximum atomic E-state index is 2.36. The van der Waals surface area contributed by atoms with Gasteiger partial charge in [0.15, 0.2) is 0 Å². The number of nitrogens with zero attached hydrogens (tertiary/aromatic N) is 1. The molecule has 1 heterocycles. The van der Waals surface area contributed by atoms with E-state index in [0.717, 1.165) is 5.92 Å². The van der Waals surface area contributed by atoms with Crippen molar-refractivity contribution in [2.75, 3.05) is 20.1 Å². The maximum Gasteiger partial charge on any atom is 0.00189 e. The molecule has 7 heavy (non-hydrogen) atoms. The van der Waals surface area contributed by atoms with Crippen molar-refractivity contribution in [3.05, 3.63) is 0 Å². The Morgan fingerprint density at radius 2 is 2.14 bits per heavy atom. The molecule has 0 aliphatic carbocycles. The Hall–Kier alpha value is -0.0400. The third-order valence-electron chi connectivity index (χ3n) is 1.72. The van der Waals surface area contributed by atoms with E-state index in [9.17, 15) is 0 Å². The normalized spacial score (nSPS) is 24.9. The molecule has 42 valence electrons. The van der Waals surface area contributed by atoms with Crippen molar-refractivity contribution < 1.29 is 0 Å². The van der Waals surface area contributed by atoms with Gasteiger partial charge in [0.25, 0.3) is 0 Å². The van der Waals surface area contributed by atoms with Gasteiger partial charge in [-0.25, -0.2) is 0 Å². The fourth-order valence-corrected chi connectivity index (χ4v) is 1.09. The summed E-state index contributed by atoms with van der Waals surface area (Å²) in [5, 5.41) is 0. The Morgan fingerprint density at radius 1 is 1.57 bits per heavy atom. The molecule has 1 rings (SSSR count). The van der Waals surface area contributed by atoms with Crippen molar-refractivity contribution in [1.82, 2.24) is 4.90 Å². The van der Waals surface area contributed by atoms with Crippen LogP contribution in [0, 0.1) is 5.92 Å². The van der Waals surface area contributed by atoms with Gasteiger partial charge in [-0.15, -0.1) is 0 Å². The summed E-state index contributed by atoms with van der Waals surface area (Å²) in [7, 11) is 2.17. The summed E-state index contributed by atoms with van der Waals surface area (Å²) in [6.07, 6.45) is 1.37. The van der Waals surface area contributed by atoms with Crippen LogP contribution in [0.15, 0.2) is 0 Å². The molecule has 0 amide bonds. The SMILES string of the molecule is CCC1CN(C)C1. The van der Waals surface area contributed by atoms with E-state index in [4.69, 9.17) is 0 Å². The number of likely N-dealkylation sites (tertiary alicyclic amines) is 1. The Balaban J connectivity index is 2.06. The van der Waals surface area contributed by atoms with Crippen LogP contribution in [0.4, 0.5) is 0 Å². The van der Waals surface area contributed by atoms with E-state index >= 15 is 0 Å². The summed E-state index contributed by atoms with van der Waals surface area (Å²) in [5.41, 5.74) is 0. The highest BCUT2D eigenvalue weighted by Gasteiger charge is 2.19. The van der Waals surface area contributed by atoms with Crippen LogP contribution in [0.25, 0.3) is 0 Å². The number of hydrogen-bond acceptors (Lipinski definition) is 1. The molecule has 0 saturated carbocycles. The molecular weight excluding hydrogens is 86.1 g/mol. The lowest BCUT2D eigenvalue weighted by molar-refractivity contribution is 0.131. The molecular formula is C6H13N. The summed E-state index contributed by atoms with van der Waals surface area (Å²) in [4.78, 5) is 2.36. The van der Waals surface area contributed by atoms with Crippen molar-refractivity contribution in [2.45, 2.75) is 13.3 Å². The van der Waals surface area contributed by atoms with Crippen molar-refractivity contribution in [3.63, 3.8) is 0 Å². The summed E-state index contributed by atoms with van der Waals surface area (Å²) in [6.45, 7) is 4.92. The first-order valence-electron chi connectivity index (χ1n) is 3.01. The molecule has 1 nitrogen and oxygen atoms in total. The second-order valence-electron chi connectivity index (χ2n) is 2.50. The average molecular weight is 99.2 g/mol. The second kappa shape index (κ2) is 1.83. The molecule has 1 aliphatic heterocycles. The molecule has 1 fully saturated rings. The topological polar surface area (TPSA) is 3.24 Å². The van der Waals surface area contributed by atoms with Gasteiger partial charge in [0.2, 0.25) is 0 Å². The van der Waals surface area contributed by atoms with Gasteiger partial charge in [-0.2, -0.15) is 0 Å². The summed E-state index contributed by atoms with van der Waals surface area (Å²) in [5.74, 6) is 1.02. The van der Waals surface area contributed by atoms with Gasteiger partial charge in [-0.3, -0.25) is 0 Å². The average Bonchev–Trinajstić information content (AvgIpc) is 1.58. The zero-order valence-electron chi connectivity index (χ0n) is 5.15. The molecule has 0 aromatic rings. The first-order chi connectivity index (χ1) is 3.33. The van der Waals surface area contributed by atoms with Gasteiger partial charge in [-0.05, 0) is 13.0 Å². The van der Waals surface area contributed by atoms with Crippen LogP contribution in [0.5, 0.6) is 0 Å². The van der Waals surface area contributed by atoms with Crippen LogP contribution in [0.2, 0.25) is 0 Å².